The molecule has 5 rings (SSSR count). The highest BCUT2D eigenvalue weighted by molar-refractivity contribution is 6.04. The zero-order valence-corrected chi connectivity index (χ0v) is 16.5. The molecule has 0 fully saturated rings. The average Bonchev–Trinajstić information content (AvgIpc) is 3.32. The van der Waals surface area contributed by atoms with Crippen LogP contribution >= 0.6 is 0 Å². The van der Waals surface area contributed by atoms with E-state index >= 15 is 0 Å². The van der Waals surface area contributed by atoms with Crippen molar-refractivity contribution in [1.82, 2.24) is 20.2 Å². The van der Waals surface area contributed by atoms with Gasteiger partial charge in [0.2, 0.25) is 5.91 Å². The highest BCUT2D eigenvalue weighted by Crippen LogP contribution is 2.35. The predicted molar refractivity (Wildman–Crippen MR) is 113 cm³/mol. The van der Waals surface area contributed by atoms with Crippen LogP contribution in [-0.4, -0.2) is 26.7 Å². The maximum Gasteiger partial charge on any atom is 0.255 e. The van der Waals surface area contributed by atoms with E-state index in [-0.39, 0.29) is 30.7 Å². The molecule has 0 unspecified atom stereocenters. The molecular formula is C24H19FN4O2. The van der Waals surface area contributed by atoms with Crippen molar-refractivity contribution in [2.24, 2.45) is 0 Å². The van der Waals surface area contributed by atoms with Gasteiger partial charge in [-0.15, -0.1) is 0 Å². The maximum atomic E-state index is 13.2. The number of fused-ring (bicyclic) bond motifs is 2. The second kappa shape index (κ2) is 7.68. The van der Waals surface area contributed by atoms with Crippen LogP contribution in [0.4, 0.5) is 4.39 Å². The van der Waals surface area contributed by atoms with Crippen molar-refractivity contribution in [3.05, 3.63) is 101 Å². The molecule has 2 aromatic heterocycles. The van der Waals surface area contributed by atoms with E-state index in [9.17, 15) is 14.0 Å². The van der Waals surface area contributed by atoms with Gasteiger partial charge >= 0.3 is 0 Å². The number of H-pyrrole nitrogens is 1. The average molecular weight is 414 g/mol. The van der Waals surface area contributed by atoms with Gasteiger partial charge in [0.15, 0.2) is 0 Å². The van der Waals surface area contributed by atoms with Gasteiger partial charge in [-0.2, -0.15) is 0 Å². The minimum atomic E-state index is -0.747. The van der Waals surface area contributed by atoms with Gasteiger partial charge in [-0.05, 0) is 47.5 Å². The third-order valence-electron chi connectivity index (χ3n) is 5.47. The first-order valence-corrected chi connectivity index (χ1v) is 9.95. The van der Waals surface area contributed by atoms with E-state index in [4.69, 9.17) is 0 Å². The van der Waals surface area contributed by atoms with E-state index in [2.05, 4.69) is 15.3 Å². The summed E-state index contributed by atoms with van der Waals surface area (Å²) >= 11 is 0. The molecule has 2 N–H and O–H groups in total. The zero-order chi connectivity index (χ0) is 21.4. The van der Waals surface area contributed by atoms with Crippen molar-refractivity contribution in [3.63, 3.8) is 0 Å². The molecule has 0 radical (unpaired) electrons. The van der Waals surface area contributed by atoms with Crippen LogP contribution in [0.3, 0.4) is 0 Å². The minimum absolute atomic E-state index is 0.191. The quantitative estimate of drug-likeness (QED) is 0.523. The normalized spacial score (nSPS) is 15.3. The lowest BCUT2D eigenvalue weighted by Crippen LogP contribution is -2.38. The minimum Gasteiger partial charge on any atom is -0.356 e. The van der Waals surface area contributed by atoms with E-state index in [0.29, 0.717) is 11.1 Å². The topological polar surface area (TPSA) is 78.1 Å². The van der Waals surface area contributed by atoms with Gasteiger partial charge < -0.3 is 15.2 Å². The van der Waals surface area contributed by atoms with Crippen LogP contribution in [0.2, 0.25) is 0 Å². The molecule has 0 spiro atoms. The van der Waals surface area contributed by atoms with Crippen molar-refractivity contribution >= 4 is 22.8 Å². The summed E-state index contributed by atoms with van der Waals surface area (Å²) in [7, 11) is 0. The summed E-state index contributed by atoms with van der Waals surface area (Å²) in [4.78, 5) is 35.4. The summed E-state index contributed by atoms with van der Waals surface area (Å²) in [6.07, 6.45) is 1.71. The number of pyridine rings is 1. The van der Waals surface area contributed by atoms with Crippen LogP contribution in [0.15, 0.2) is 72.9 Å². The van der Waals surface area contributed by atoms with E-state index in [1.165, 1.54) is 12.1 Å². The van der Waals surface area contributed by atoms with Crippen LogP contribution in [0.25, 0.3) is 11.0 Å². The summed E-state index contributed by atoms with van der Waals surface area (Å²) in [5, 5.41) is 2.89. The fraction of sp³-hybridized carbons (Fsp3) is 0.125. The van der Waals surface area contributed by atoms with E-state index in [1.807, 2.05) is 30.3 Å². The van der Waals surface area contributed by atoms with Gasteiger partial charge in [0.05, 0.1) is 17.6 Å². The fourth-order valence-corrected chi connectivity index (χ4v) is 3.99. The van der Waals surface area contributed by atoms with E-state index in [0.717, 1.165) is 22.3 Å². The van der Waals surface area contributed by atoms with Crippen LogP contribution in [0.5, 0.6) is 0 Å². The monoisotopic (exact) mass is 414 g/mol. The number of carbonyl (C=O) groups excluding carboxylic acids is 2. The molecule has 7 heteroatoms. The van der Waals surface area contributed by atoms with Gasteiger partial charge in [-0.25, -0.2) is 4.39 Å². The Kier molecular flexibility index (Phi) is 4.71. The Hall–Kier alpha value is -4.00. The van der Waals surface area contributed by atoms with Crippen molar-refractivity contribution in [1.29, 1.82) is 0 Å². The van der Waals surface area contributed by atoms with Gasteiger partial charge in [0.25, 0.3) is 5.91 Å². The summed E-state index contributed by atoms with van der Waals surface area (Å²) in [5.74, 6) is -0.801. The van der Waals surface area contributed by atoms with Crippen LogP contribution in [-0.2, 0) is 17.9 Å². The van der Waals surface area contributed by atoms with E-state index < -0.39 is 6.04 Å². The Labute approximate surface area is 177 Å². The molecule has 1 aliphatic rings. The van der Waals surface area contributed by atoms with Crippen molar-refractivity contribution in [3.8, 4) is 0 Å². The number of aromatic nitrogens is 2. The first kappa shape index (κ1) is 19.0. The molecule has 1 aliphatic heterocycles. The molecule has 0 saturated heterocycles. The third-order valence-corrected chi connectivity index (χ3v) is 5.47. The number of rotatable bonds is 5. The molecule has 2 aromatic carbocycles. The second-order valence-electron chi connectivity index (χ2n) is 7.50. The number of amides is 2. The molecule has 2 amide bonds. The smallest absolute Gasteiger partial charge is 0.255 e. The SMILES string of the molecule is O=C(NCc1ccc(F)cc1)[C@@H]1c2ccccc2C(=O)N1Cc1cc2ncccc2[nH]1. The largest absolute Gasteiger partial charge is 0.356 e. The van der Waals surface area contributed by atoms with Crippen LogP contribution < -0.4 is 5.32 Å². The highest BCUT2D eigenvalue weighted by Gasteiger charge is 2.40. The standard InChI is InChI=1S/C24H19FN4O2/c25-16-9-7-15(8-10-16)13-27-23(30)22-18-4-1-2-5-19(18)24(31)29(22)14-17-12-21-20(28-17)6-3-11-26-21/h1-12,22,28H,13-14H2,(H,27,30)/t22-/m0/s1. The first-order valence-electron chi connectivity index (χ1n) is 9.95. The number of nitrogens with zero attached hydrogens (tertiary/aromatic N) is 2. The fourth-order valence-electron chi connectivity index (χ4n) is 3.99. The summed E-state index contributed by atoms with van der Waals surface area (Å²) in [6, 6.07) is 18.0. The van der Waals surface area contributed by atoms with Crippen molar-refractivity contribution in [2.45, 2.75) is 19.1 Å². The lowest BCUT2D eigenvalue weighted by atomic mass is 10.0. The summed E-state index contributed by atoms with van der Waals surface area (Å²) in [6.45, 7) is 0.495. The van der Waals surface area contributed by atoms with Crippen LogP contribution in [0, 0.1) is 5.82 Å². The Morgan fingerprint density at radius 3 is 2.71 bits per heavy atom. The molecule has 0 saturated carbocycles. The highest BCUT2D eigenvalue weighted by atomic mass is 19.1. The summed E-state index contributed by atoms with van der Waals surface area (Å²) < 4.78 is 13.1. The first-order chi connectivity index (χ1) is 15.1. The summed E-state index contributed by atoms with van der Waals surface area (Å²) in [5.41, 5.74) is 4.46. The number of benzene rings is 2. The lowest BCUT2D eigenvalue weighted by molar-refractivity contribution is -0.125. The Bertz CT molecular complexity index is 1250. The predicted octanol–water partition coefficient (Wildman–Crippen LogP) is 3.72. The molecule has 31 heavy (non-hydrogen) atoms. The van der Waals surface area contributed by atoms with E-state index in [1.54, 1.807) is 35.4 Å². The van der Waals surface area contributed by atoms with Gasteiger partial charge in [0, 0.05) is 24.0 Å². The molecule has 4 aromatic rings. The number of hydrogen-bond acceptors (Lipinski definition) is 3. The number of aromatic amines is 1. The molecular weight excluding hydrogens is 395 g/mol. The third kappa shape index (κ3) is 3.54. The number of carbonyl (C=O) groups is 2. The zero-order valence-electron chi connectivity index (χ0n) is 16.5. The molecule has 6 nitrogen and oxygen atoms in total. The van der Waals surface area contributed by atoms with Crippen molar-refractivity contribution in [2.75, 3.05) is 0 Å². The second-order valence-corrected chi connectivity index (χ2v) is 7.50. The van der Waals surface area contributed by atoms with Gasteiger partial charge in [0.1, 0.15) is 11.9 Å². The Balaban J connectivity index is 1.42. The van der Waals surface area contributed by atoms with Crippen LogP contribution in [0.1, 0.15) is 33.2 Å². The lowest BCUT2D eigenvalue weighted by Gasteiger charge is -2.24. The molecule has 3 heterocycles. The molecule has 1 atom stereocenters. The number of hydrogen-bond donors (Lipinski definition) is 2. The van der Waals surface area contributed by atoms with Gasteiger partial charge in [-0.1, -0.05) is 30.3 Å². The Morgan fingerprint density at radius 2 is 1.90 bits per heavy atom. The molecule has 0 aliphatic carbocycles. The molecule has 154 valence electrons. The molecule has 0 bridgehead atoms. The van der Waals surface area contributed by atoms with Gasteiger partial charge in [-0.3, -0.25) is 14.6 Å². The number of nitrogens with one attached hydrogen (secondary N) is 2. The van der Waals surface area contributed by atoms with Crippen molar-refractivity contribution < 1.29 is 14.0 Å². The number of halogens is 1. The maximum absolute atomic E-state index is 13.2. The Morgan fingerprint density at radius 1 is 1.10 bits per heavy atom.